The first-order valence-corrected chi connectivity index (χ1v) is 4.49. The molecular weight excluding hydrogens is 178 g/mol. The molecule has 3 rings (SSSR count). The van der Waals surface area contributed by atoms with Crippen LogP contribution < -0.4 is 15.9 Å². The summed E-state index contributed by atoms with van der Waals surface area (Å²) in [7, 11) is 0. The molecule has 14 heavy (non-hydrogen) atoms. The second-order valence-electron chi connectivity index (χ2n) is 3.27. The Morgan fingerprint density at radius 3 is 3.07 bits per heavy atom. The van der Waals surface area contributed by atoms with Gasteiger partial charge in [0.15, 0.2) is 0 Å². The Labute approximate surface area is 81.0 Å². The van der Waals surface area contributed by atoms with Crippen molar-refractivity contribution in [3.05, 3.63) is 46.8 Å². The largest absolute Gasteiger partial charge is 0.287 e. The Hall–Kier alpha value is -1.97. The summed E-state index contributed by atoms with van der Waals surface area (Å²) in [6.07, 6.45) is 3.92. The molecule has 0 aliphatic carbocycles. The molecular formula is C10H9N3O. The van der Waals surface area contributed by atoms with Crippen molar-refractivity contribution in [3.63, 3.8) is 0 Å². The highest BCUT2D eigenvalue weighted by atomic mass is 16.1. The number of rotatable bonds is 0. The van der Waals surface area contributed by atoms with Gasteiger partial charge in [0.1, 0.15) is 5.69 Å². The highest BCUT2D eigenvalue weighted by Gasteiger charge is 2.28. The molecule has 1 aromatic carbocycles. The van der Waals surface area contributed by atoms with Crippen molar-refractivity contribution < 1.29 is 0 Å². The zero-order valence-corrected chi connectivity index (χ0v) is 7.47. The van der Waals surface area contributed by atoms with Gasteiger partial charge in [0.2, 0.25) is 5.43 Å². The third kappa shape index (κ3) is 0.849. The summed E-state index contributed by atoms with van der Waals surface area (Å²) in [5.41, 5.74) is 4.76. The second kappa shape index (κ2) is 2.51. The molecule has 4 heteroatoms. The first-order chi connectivity index (χ1) is 6.86. The molecule has 1 N–H and O–H groups in total. The van der Waals surface area contributed by atoms with Crippen LogP contribution in [-0.4, -0.2) is 11.7 Å². The van der Waals surface area contributed by atoms with Crippen LogP contribution in [0.2, 0.25) is 0 Å². The maximum Gasteiger partial charge on any atom is 0.205 e. The molecule has 2 aliphatic rings. The molecule has 0 bridgehead atoms. The summed E-state index contributed by atoms with van der Waals surface area (Å²) in [6.45, 7) is 0.749. The molecule has 0 unspecified atom stereocenters. The van der Waals surface area contributed by atoms with Crippen LogP contribution in [0.4, 0.5) is 11.4 Å². The summed E-state index contributed by atoms with van der Waals surface area (Å²) >= 11 is 0. The number of fused-ring (bicyclic) bond motifs is 3. The zero-order chi connectivity index (χ0) is 9.54. The van der Waals surface area contributed by atoms with Crippen molar-refractivity contribution in [1.82, 2.24) is 5.12 Å². The fourth-order valence-corrected chi connectivity index (χ4v) is 1.78. The van der Waals surface area contributed by atoms with Crippen molar-refractivity contribution in [2.75, 3.05) is 17.0 Å². The lowest BCUT2D eigenvalue weighted by Crippen LogP contribution is -2.34. The SMILES string of the molecule is O=c1ccccc2c1N1CC=CN1N2. The quantitative estimate of drug-likeness (QED) is 0.655. The van der Waals surface area contributed by atoms with E-state index in [0.717, 1.165) is 17.9 Å². The number of hydrazine groups is 2. The summed E-state index contributed by atoms with van der Waals surface area (Å²) in [5, 5.41) is 3.74. The Morgan fingerprint density at radius 1 is 1.29 bits per heavy atom. The maximum absolute atomic E-state index is 11.7. The standard InChI is InChI=1S/C10H9N3O/c14-9-5-2-1-4-8-10(9)12-6-3-7-13(12)11-8/h1-5,7,11H,6H2. The van der Waals surface area contributed by atoms with E-state index in [9.17, 15) is 4.79 Å². The van der Waals surface area contributed by atoms with E-state index in [2.05, 4.69) is 5.43 Å². The lowest BCUT2D eigenvalue weighted by Gasteiger charge is -2.20. The van der Waals surface area contributed by atoms with Crippen LogP contribution in [0.1, 0.15) is 0 Å². The highest BCUT2D eigenvalue weighted by Crippen LogP contribution is 2.31. The van der Waals surface area contributed by atoms with Crippen LogP contribution in [0.3, 0.4) is 0 Å². The number of anilines is 2. The van der Waals surface area contributed by atoms with Crippen LogP contribution in [-0.2, 0) is 0 Å². The molecule has 4 nitrogen and oxygen atoms in total. The molecule has 0 saturated heterocycles. The van der Waals surface area contributed by atoms with E-state index in [-0.39, 0.29) is 5.43 Å². The number of hydrogen-bond donors (Lipinski definition) is 1. The van der Waals surface area contributed by atoms with Gasteiger partial charge in [-0.05, 0) is 18.2 Å². The van der Waals surface area contributed by atoms with Crippen LogP contribution >= 0.6 is 0 Å². The number of nitrogens with one attached hydrogen (secondary N) is 1. The van der Waals surface area contributed by atoms with Crippen molar-refractivity contribution in [1.29, 1.82) is 0 Å². The normalized spacial score (nSPS) is 16.6. The monoisotopic (exact) mass is 187 g/mol. The van der Waals surface area contributed by atoms with Crippen LogP contribution in [0, 0.1) is 0 Å². The minimum absolute atomic E-state index is 0.0451. The molecule has 0 radical (unpaired) electrons. The van der Waals surface area contributed by atoms with Crippen LogP contribution in [0.15, 0.2) is 41.3 Å². The maximum atomic E-state index is 11.7. The lowest BCUT2D eigenvalue weighted by atomic mass is 10.3. The fourth-order valence-electron chi connectivity index (χ4n) is 1.78. The second-order valence-corrected chi connectivity index (χ2v) is 3.27. The van der Waals surface area contributed by atoms with E-state index in [4.69, 9.17) is 0 Å². The van der Waals surface area contributed by atoms with E-state index in [1.165, 1.54) is 0 Å². The van der Waals surface area contributed by atoms with Crippen molar-refractivity contribution in [2.45, 2.75) is 0 Å². The number of hydrogen-bond acceptors (Lipinski definition) is 4. The molecule has 0 spiro atoms. The lowest BCUT2D eigenvalue weighted by molar-refractivity contribution is 0.471. The van der Waals surface area contributed by atoms with E-state index < -0.39 is 0 Å². The summed E-state index contributed by atoms with van der Waals surface area (Å²) < 4.78 is 0. The predicted molar refractivity (Wildman–Crippen MR) is 54.7 cm³/mol. The minimum atomic E-state index is 0.0451. The van der Waals surface area contributed by atoms with Gasteiger partial charge in [-0.1, -0.05) is 12.1 Å². The third-order valence-electron chi connectivity index (χ3n) is 2.39. The van der Waals surface area contributed by atoms with E-state index in [0.29, 0.717) is 0 Å². The topological polar surface area (TPSA) is 35.6 Å². The van der Waals surface area contributed by atoms with Gasteiger partial charge in [-0.3, -0.25) is 15.2 Å². The van der Waals surface area contributed by atoms with Gasteiger partial charge in [-0.2, -0.15) is 0 Å². The molecule has 2 heterocycles. The Morgan fingerprint density at radius 2 is 2.14 bits per heavy atom. The predicted octanol–water partition coefficient (Wildman–Crippen LogP) is 0.938. The average Bonchev–Trinajstić information content (AvgIpc) is 2.66. The molecule has 2 aliphatic heterocycles. The van der Waals surface area contributed by atoms with E-state index in [1.807, 2.05) is 34.5 Å². The molecule has 0 aromatic heterocycles. The van der Waals surface area contributed by atoms with Gasteiger partial charge >= 0.3 is 0 Å². The van der Waals surface area contributed by atoms with E-state index in [1.54, 1.807) is 12.1 Å². The summed E-state index contributed by atoms with van der Waals surface area (Å²) in [6, 6.07) is 7.11. The van der Waals surface area contributed by atoms with Gasteiger partial charge < -0.3 is 0 Å². The van der Waals surface area contributed by atoms with Crippen LogP contribution in [0.5, 0.6) is 0 Å². The fraction of sp³-hybridized carbons (Fsp3) is 0.100. The summed E-state index contributed by atoms with van der Waals surface area (Å²) in [5.74, 6) is 0. The molecule has 0 amide bonds. The summed E-state index contributed by atoms with van der Waals surface area (Å²) in [4.78, 5) is 11.7. The van der Waals surface area contributed by atoms with Gasteiger partial charge in [-0.25, -0.2) is 5.12 Å². The van der Waals surface area contributed by atoms with Gasteiger partial charge in [0, 0.05) is 6.20 Å². The van der Waals surface area contributed by atoms with Gasteiger partial charge in [0.05, 0.1) is 12.2 Å². The van der Waals surface area contributed by atoms with Crippen molar-refractivity contribution >= 4 is 11.4 Å². The third-order valence-corrected chi connectivity index (χ3v) is 2.39. The first-order valence-electron chi connectivity index (χ1n) is 4.49. The highest BCUT2D eigenvalue weighted by molar-refractivity contribution is 5.73. The van der Waals surface area contributed by atoms with Crippen molar-refractivity contribution in [3.8, 4) is 0 Å². The minimum Gasteiger partial charge on any atom is -0.287 e. The van der Waals surface area contributed by atoms with Crippen LogP contribution in [0.25, 0.3) is 0 Å². The molecule has 1 aromatic rings. The zero-order valence-electron chi connectivity index (χ0n) is 7.47. The molecule has 70 valence electrons. The Kier molecular flexibility index (Phi) is 1.33. The Bertz CT molecular complexity index is 469. The molecule has 0 fully saturated rings. The van der Waals surface area contributed by atoms with Gasteiger partial charge in [-0.15, -0.1) is 0 Å². The average molecular weight is 187 g/mol. The molecule has 0 saturated carbocycles. The first kappa shape index (κ1) is 7.44. The smallest absolute Gasteiger partial charge is 0.205 e. The Balaban J connectivity index is 2.25. The molecule has 0 atom stereocenters. The van der Waals surface area contributed by atoms with Crippen molar-refractivity contribution in [2.24, 2.45) is 0 Å². The van der Waals surface area contributed by atoms with E-state index >= 15 is 0 Å². The number of nitrogens with zero attached hydrogens (tertiary/aromatic N) is 2. The van der Waals surface area contributed by atoms with Gasteiger partial charge in [0.25, 0.3) is 0 Å².